The minimum Gasteiger partial charge on any atom is -0.398 e. The predicted octanol–water partition coefficient (Wildman–Crippen LogP) is 1.32. The Morgan fingerprint density at radius 2 is 1.88 bits per heavy atom. The van der Waals surface area contributed by atoms with Crippen molar-refractivity contribution in [2.45, 2.75) is 13.5 Å². The van der Waals surface area contributed by atoms with E-state index in [9.17, 15) is 0 Å². The maximum Gasteiger partial charge on any atom is 0.0389 e. The minimum atomic E-state index is 0.960. The summed E-state index contributed by atoms with van der Waals surface area (Å²) in [6.07, 6.45) is 0. The number of hydrogen-bond donors (Lipinski definition) is 1. The number of benzene rings is 1. The molecule has 1 saturated heterocycles. The molecule has 3 heteroatoms. The molecule has 0 aliphatic carbocycles. The van der Waals surface area contributed by atoms with Gasteiger partial charge in [-0.3, -0.25) is 4.90 Å². The lowest BCUT2D eigenvalue weighted by Gasteiger charge is -2.32. The van der Waals surface area contributed by atoms with Crippen LogP contribution in [0.5, 0.6) is 0 Å². The van der Waals surface area contributed by atoms with Gasteiger partial charge in [0.1, 0.15) is 0 Å². The molecular formula is C13H21N3. The van der Waals surface area contributed by atoms with E-state index in [2.05, 4.69) is 42.0 Å². The van der Waals surface area contributed by atoms with Crippen molar-refractivity contribution in [3.63, 3.8) is 0 Å². The first-order valence-electron chi connectivity index (χ1n) is 5.91. The average molecular weight is 219 g/mol. The molecule has 1 fully saturated rings. The molecule has 0 spiro atoms. The van der Waals surface area contributed by atoms with Crippen LogP contribution in [0.3, 0.4) is 0 Å². The largest absolute Gasteiger partial charge is 0.398 e. The number of hydrogen-bond acceptors (Lipinski definition) is 3. The number of anilines is 1. The number of likely N-dealkylation sites (N-methyl/N-ethyl adjacent to an activating group) is 1. The summed E-state index contributed by atoms with van der Waals surface area (Å²) >= 11 is 0. The van der Waals surface area contributed by atoms with Gasteiger partial charge in [0.2, 0.25) is 0 Å². The van der Waals surface area contributed by atoms with Gasteiger partial charge >= 0.3 is 0 Å². The minimum absolute atomic E-state index is 0.960. The van der Waals surface area contributed by atoms with Crippen LogP contribution in [0.2, 0.25) is 0 Å². The predicted molar refractivity (Wildman–Crippen MR) is 68.4 cm³/mol. The van der Waals surface area contributed by atoms with Crippen molar-refractivity contribution in [2.75, 3.05) is 39.0 Å². The first kappa shape index (κ1) is 11.4. The monoisotopic (exact) mass is 219 g/mol. The van der Waals surface area contributed by atoms with E-state index in [1.165, 1.54) is 11.1 Å². The van der Waals surface area contributed by atoms with Gasteiger partial charge in [-0.2, -0.15) is 0 Å². The zero-order valence-corrected chi connectivity index (χ0v) is 10.2. The van der Waals surface area contributed by atoms with Crippen LogP contribution in [-0.4, -0.2) is 43.0 Å². The van der Waals surface area contributed by atoms with E-state index in [4.69, 9.17) is 5.73 Å². The molecule has 0 radical (unpaired) electrons. The van der Waals surface area contributed by atoms with Crippen LogP contribution < -0.4 is 5.73 Å². The second-order valence-corrected chi connectivity index (χ2v) is 4.73. The zero-order valence-electron chi connectivity index (χ0n) is 10.2. The fourth-order valence-corrected chi connectivity index (χ4v) is 2.13. The maximum atomic E-state index is 6.09. The van der Waals surface area contributed by atoms with Gasteiger partial charge in [-0.25, -0.2) is 0 Å². The van der Waals surface area contributed by atoms with E-state index in [0.717, 1.165) is 38.4 Å². The first-order valence-corrected chi connectivity index (χ1v) is 5.91. The summed E-state index contributed by atoms with van der Waals surface area (Å²) in [6, 6.07) is 6.31. The standard InChI is InChI=1S/C13H21N3/c1-11-4-3-5-12(13(11)14)10-16-8-6-15(2)7-9-16/h3-5H,6-10,14H2,1-2H3. The topological polar surface area (TPSA) is 32.5 Å². The fourth-order valence-electron chi connectivity index (χ4n) is 2.13. The van der Waals surface area contributed by atoms with Crippen LogP contribution in [0.15, 0.2) is 18.2 Å². The second-order valence-electron chi connectivity index (χ2n) is 4.73. The third-order valence-electron chi connectivity index (χ3n) is 3.40. The van der Waals surface area contributed by atoms with Crippen LogP contribution in [0.4, 0.5) is 5.69 Å². The normalized spacial score (nSPS) is 18.9. The molecule has 0 bridgehead atoms. The summed E-state index contributed by atoms with van der Waals surface area (Å²) in [5, 5.41) is 0. The van der Waals surface area contributed by atoms with Crippen LogP contribution in [0.25, 0.3) is 0 Å². The van der Waals surface area contributed by atoms with Crippen molar-refractivity contribution in [2.24, 2.45) is 0 Å². The van der Waals surface area contributed by atoms with E-state index in [1.807, 2.05) is 0 Å². The Morgan fingerprint density at radius 3 is 2.56 bits per heavy atom. The fraction of sp³-hybridized carbons (Fsp3) is 0.538. The highest BCUT2D eigenvalue weighted by Crippen LogP contribution is 2.18. The van der Waals surface area contributed by atoms with Crippen molar-refractivity contribution in [3.05, 3.63) is 29.3 Å². The van der Waals surface area contributed by atoms with Crippen molar-refractivity contribution in [1.82, 2.24) is 9.80 Å². The van der Waals surface area contributed by atoms with Crippen LogP contribution >= 0.6 is 0 Å². The quantitative estimate of drug-likeness (QED) is 0.762. The third kappa shape index (κ3) is 2.54. The van der Waals surface area contributed by atoms with Gasteiger partial charge in [0, 0.05) is 38.4 Å². The maximum absolute atomic E-state index is 6.09. The number of nitrogens with zero attached hydrogens (tertiary/aromatic N) is 2. The molecule has 0 saturated carbocycles. The highest BCUT2D eigenvalue weighted by atomic mass is 15.2. The Labute approximate surface area is 97.8 Å². The van der Waals surface area contributed by atoms with E-state index in [0.29, 0.717) is 0 Å². The van der Waals surface area contributed by atoms with Crippen LogP contribution in [-0.2, 0) is 6.54 Å². The van der Waals surface area contributed by atoms with E-state index in [1.54, 1.807) is 0 Å². The first-order chi connectivity index (χ1) is 7.66. The summed E-state index contributed by atoms with van der Waals surface area (Å²) in [6.45, 7) is 7.66. The summed E-state index contributed by atoms with van der Waals surface area (Å²) < 4.78 is 0. The molecule has 3 nitrogen and oxygen atoms in total. The smallest absolute Gasteiger partial charge is 0.0389 e. The van der Waals surface area contributed by atoms with Crippen molar-refractivity contribution >= 4 is 5.69 Å². The van der Waals surface area contributed by atoms with Crippen LogP contribution in [0, 0.1) is 6.92 Å². The molecule has 0 unspecified atom stereocenters. The number of nitrogens with two attached hydrogens (primary N) is 1. The molecule has 2 rings (SSSR count). The lowest BCUT2D eigenvalue weighted by atomic mass is 10.1. The van der Waals surface area contributed by atoms with Gasteiger partial charge in [-0.05, 0) is 25.1 Å². The molecule has 0 amide bonds. The van der Waals surface area contributed by atoms with E-state index < -0.39 is 0 Å². The van der Waals surface area contributed by atoms with E-state index >= 15 is 0 Å². The zero-order chi connectivity index (χ0) is 11.5. The SMILES string of the molecule is Cc1cccc(CN2CCN(C)CC2)c1N. The molecule has 1 aliphatic rings. The summed E-state index contributed by atoms with van der Waals surface area (Å²) in [7, 11) is 2.18. The Morgan fingerprint density at radius 1 is 1.19 bits per heavy atom. The Balaban J connectivity index is 2.01. The van der Waals surface area contributed by atoms with Gasteiger partial charge in [-0.15, -0.1) is 0 Å². The van der Waals surface area contributed by atoms with Gasteiger partial charge in [0.05, 0.1) is 0 Å². The van der Waals surface area contributed by atoms with Gasteiger partial charge in [0.15, 0.2) is 0 Å². The van der Waals surface area contributed by atoms with Crippen molar-refractivity contribution in [1.29, 1.82) is 0 Å². The molecule has 1 heterocycles. The molecule has 1 aliphatic heterocycles. The second kappa shape index (κ2) is 4.85. The third-order valence-corrected chi connectivity index (χ3v) is 3.40. The van der Waals surface area contributed by atoms with Crippen molar-refractivity contribution < 1.29 is 0 Å². The molecule has 0 atom stereocenters. The molecule has 2 N–H and O–H groups in total. The number of piperazine rings is 1. The Bertz CT molecular complexity index is 354. The molecule has 0 aromatic heterocycles. The van der Waals surface area contributed by atoms with Gasteiger partial charge < -0.3 is 10.6 Å². The molecule has 16 heavy (non-hydrogen) atoms. The summed E-state index contributed by atoms with van der Waals surface area (Å²) in [5.41, 5.74) is 9.50. The van der Waals surface area contributed by atoms with Crippen LogP contribution in [0.1, 0.15) is 11.1 Å². The lowest BCUT2D eigenvalue weighted by Crippen LogP contribution is -2.43. The number of nitrogen functional groups attached to an aromatic ring is 1. The summed E-state index contributed by atoms with van der Waals surface area (Å²) in [5.74, 6) is 0. The molecule has 1 aromatic carbocycles. The Kier molecular flexibility index (Phi) is 3.46. The van der Waals surface area contributed by atoms with E-state index in [-0.39, 0.29) is 0 Å². The Hall–Kier alpha value is -1.06. The molecule has 1 aromatic rings. The highest BCUT2D eigenvalue weighted by molar-refractivity contribution is 5.52. The van der Waals surface area contributed by atoms with Gasteiger partial charge in [0.25, 0.3) is 0 Å². The highest BCUT2D eigenvalue weighted by Gasteiger charge is 2.14. The average Bonchev–Trinajstić information content (AvgIpc) is 2.28. The summed E-state index contributed by atoms with van der Waals surface area (Å²) in [4.78, 5) is 4.85. The molecule has 88 valence electrons. The number of para-hydroxylation sites is 1. The van der Waals surface area contributed by atoms with Crippen molar-refractivity contribution in [3.8, 4) is 0 Å². The van der Waals surface area contributed by atoms with Gasteiger partial charge in [-0.1, -0.05) is 18.2 Å². The lowest BCUT2D eigenvalue weighted by molar-refractivity contribution is 0.148. The number of rotatable bonds is 2. The molecular weight excluding hydrogens is 198 g/mol. The number of aryl methyl sites for hydroxylation is 1.